The molecule has 0 radical (unpaired) electrons. The Labute approximate surface area is 122 Å². The van der Waals surface area contributed by atoms with E-state index in [0.29, 0.717) is 11.5 Å². The molecule has 5 heteroatoms. The normalized spacial score (nSPS) is 30.7. The van der Waals surface area contributed by atoms with Crippen LogP contribution in [0.15, 0.2) is 36.5 Å². The molecule has 4 unspecified atom stereocenters. The Bertz CT molecular complexity index is 697. The number of nitrogens with zero attached hydrogens (tertiary/aromatic N) is 1. The maximum absolute atomic E-state index is 12.5. The number of fused-ring (bicyclic) bond motifs is 2. The molecule has 2 aliphatic rings. The van der Waals surface area contributed by atoms with Crippen LogP contribution in [0.1, 0.15) is 16.8 Å². The van der Waals surface area contributed by atoms with Gasteiger partial charge in [-0.3, -0.25) is 9.78 Å². The Kier molecular flexibility index (Phi) is 2.90. The minimum absolute atomic E-state index is 0.00504. The van der Waals surface area contributed by atoms with Crippen LogP contribution in [-0.2, 0) is 4.74 Å². The Morgan fingerprint density at radius 3 is 3.14 bits per heavy atom. The number of pyridine rings is 1. The molecule has 1 saturated carbocycles. The third kappa shape index (κ3) is 1.92. The topological polar surface area (TPSA) is 77.2 Å². The predicted molar refractivity (Wildman–Crippen MR) is 78.8 cm³/mol. The Balaban J connectivity index is 1.60. The number of amides is 1. The van der Waals surface area contributed by atoms with Gasteiger partial charge in [0.25, 0.3) is 5.91 Å². The van der Waals surface area contributed by atoms with Crippen LogP contribution in [0.2, 0.25) is 0 Å². The summed E-state index contributed by atoms with van der Waals surface area (Å²) < 4.78 is 5.65. The summed E-state index contributed by atoms with van der Waals surface area (Å²) >= 11 is 0. The van der Waals surface area contributed by atoms with Gasteiger partial charge < -0.3 is 15.8 Å². The van der Waals surface area contributed by atoms with E-state index in [-0.39, 0.29) is 24.1 Å². The molecule has 4 atom stereocenters. The van der Waals surface area contributed by atoms with Crippen LogP contribution in [0.3, 0.4) is 0 Å². The molecule has 1 saturated heterocycles. The van der Waals surface area contributed by atoms with Crippen molar-refractivity contribution in [2.75, 3.05) is 6.61 Å². The zero-order chi connectivity index (χ0) is 14.4. The largest absolute Gasteiger partial charge is 0.376 e. The highest BCUT2D eigenvalue weighted by molar-refractivity contribution is 6.06. The van der Waals surface area contributed by atoms with Crippen molar-refractivity contribution in [2.24, 2.45) is 11.7 Å². The van der Waals surface area contributed by atoms with Crippen LogP contribution in [-0.4, -0.2) is 35.7 Å². The molecule has 2 aromatic rings. The highest BCUT2D eigenvalue weighted by atomic mass is 16.5. The molecule has 0 bridgehead atoms. The average molecular weight is 283 g/mol. The highest BCUT2D eigenvalue weighted by Gasteiger charge is 2.52. The van der Waals surface area contributed by atoms with Gasteiger partial charge in [0.05, 0.1) is 17.7 Å². The highest BCUT2D eigenvalue weighted by Crippen LogP contribution is 2.37. The molecule has 108 valence electrons. The van der Waals surface area contributed by atoms with Gasteiger partial charge in [0.1, 0.15) is 0 Å². The number of hydrogen-bond donors (Lipinski definition) is 2. The lowest BCUT2D eigenvalue weighted by Gasteiger charge is -2.45. The van der Waals surface area contributed by atoms with E-state index < -0.39 is 0 Å². The molecule has 2 fully saturated rings. The van der Waals surface area contributed by atoms with Gasteiger partial charge in [0, 0.05) is 35.7 Å². The van der Waals surface area contributed by atoms with Gasteiger partial charge in [0.2, 0.25) is 0 Å². The van der Waals surface area contributed by atoms with Crippen LogP contribution in [0.4, 0.5) is 0 Å². The number of rotatable bonds is 2. The van der Waals surface area contributed by atoms with Gasteiger partial charge in [-0.05, 0) is 24.6 Å². The summed E-state index contributed by atoms with van der Waals surface area (Å²) in [6.07, 6.45) is 2.80. The fraction of sp³-hybridized carbons (Fsp3) is 0.375. The third-order valence-corrected chi connectivity index (χ3v) is 4.63. The van der Waals surface area contributed by atoms with Gasteiger partial charge in [-0.1, -0.05) is 12.1 Å². The van der Waals surface area contributed by atoms with Crippen molar-refractivity contribution < 1.29 is 9.53 Å². The van der Waals surface area contributed by atoms with Crippen molar-refractivity contribution in [3.63, 3.8) is 0 Å². The van der Waals surface area contributed by atoms with E-state index in [1.165, 1.54) is 0 Å². The van der Waals surface area contributed by atoms with Gasteiger partial charge in [-0.15, -0.1) is 0 Å². The van der Waals surface area contributed by atoms with Crippen LogP contribution < -0.4 is 11.1 Å². The molecule has 3 N–H and O–H groups in total. The zero-order valence-electron chi connectivity index (χ0n) is 11.5. The summed E-state index contributed by atoms with van der Waals surface area (Å²) in [5.74, 6) is 0.285. The standard InChI is InChI=1S/C16H17N3O2/c17-13-11-6-8-21-15(11)14(13)19-16(20)10-3-1-5-12-9(10)4-2-7-18-12/h1-5,7,11,13-15H,6,8,17H2,(H,19,20). The van der Waals surface area contributed by atoms with E-state index in [1.54, 1.807) is 6.20 Å². The molecule has 21 heavy (non-hydrogen) atoms. The second-order valence-electron chi connectivity index (χ2n) is 5.74. The summed E-state index contributed by atoms with van der Waals surface area (Å²) in [6, 6.07) is 9.22. The first-order valence-electron chi connectivity index (χ1n) is 7.27. The maximum Gasteiger partial charge on any atom is 0.252 e. The van der Waals surface area contributed by atoms with Crippen LogP contribution in [0.25, 0.3) is 10.9 Å². The quantitative estimate of drug-likeness (QED) is 0.864. The number of carbonyl (C=O) groups excluding carboxylic acids is 1. The monoisotopic (exact) mass is 283 g/mol. The number of nitrogens with two attached hydrogens (primary N) is 1. The number of hydrogen-bond acceptors (Lipinski definition) is 4. The molecule has 2 heterocycles. The first kappa shape index (κ1) is 12.7. The van der Waals surface area contributed by atoms with E-state index >= 15 is 0 Å². The first-order valence-corrected chi connectivity index (χ1v) is 7.27. The van der Waals surface area contributed by atoms with Crippen molar-refractivity contribution in [1.82, 2.24) is 10.3 Å². The van der Waals surface area contributed by atoms with Crippen LogP contribution in [0.5, 0.6) is 0 Å². The van der Waals surface area contributed by atoms with E-state index in [1.807, 2.05) is 30.3 Å². The average Bonchev–Trinajstić information content (AvgIpc) is 2.96. The lowest BCUT2D eigenvalue weighted by atomic mass is 9.72. The lowest BCUT2D eigenvalue weighted by Crippen LogP contribution is -2.68. The molecular formula is C16H17N3O2. The smallest absolute Gasteiger partial charge is 0.252 e. The molecule has 1 aromatic carbocycles. The number of aromatic nitrogens is 1. The van der Waals surface area contributed by atoms with Crippen molar-refractivity contribution in [1.29, 1.82) is 0 Å². The van der Waals surface area contributed by atoms with E-state index in [4.69, 9.17) is 10.5 Å². The summed E-state index contributed by atoms with van der Waals surface area (Å²) in [5, 5.41) is 3.89. The minimum atomic E-state index is -0.108. The SMILES string of the molecule is NC1C2CCOC2C1NC(=O)c1cccc2ncccc12. The second kappa shape index (κ2) is 4.79. The first-order chi connectivity index (χ1) is 10.3. The minimum Gasteiger partial charge on any atom is -0.376 e. The molecule has 1 aromatic heterocycles. The lowest BCUT2D eigenvalue weighted by molar-refractivity contribution is -0.0160. The number of nitrogens with one attached hydrogen (secondary N) is 1. The van der Waals surface area contributed by atoms with E-state index in [9.17, 15) is 4.79 Å². The molecule has 1 amide bonds. The van der Waals surface area contributed by atoms with Gasteiger partial charge >= 0.3 is 0 Å². The fourth-order valence-electron chi connectivity index (χ4n) is 3.46. The summed E-state index contributed by atoms with van der Waals surface area (Å²) in [7, 11) is 0. The molecule has 1 aliphatic heterocycles. The molecular weight excluding hydrogens is 266 g/mol. The number of benzene rings is 1. The number of carbonyl (C=O) groups is 1. The summed E-state index contributed by atoms with van der Waals surface area (Å²) in [5.41, 5.74) is 7.59. The Hall–Kier alpha value is -1.98. The molecule has 4 rings (SSSR count). The number of ether oxygens (including phenoxy) is 1. The maximum atomic E-state index is 12.5. The van der Waals surface area contributed by atoms with Crippen molar-refractivity contribution in [2.45, 2.75) is 24.6 Å². The Morgan fingerprint density at radius 2 is 2.24 bits per heavy atom. The zero-order valence-corrected chi connectivity index (χ0v) is 11.5. The van der Waals surface area contributed by atoms with Crippen LogP contribution in [0, 0.1) is 5.92 Å². The molecule has 0 spiro atoms. The third-order valence-electron chi connectivity index (χ3n) is 4.63. The van der Waals surface area contributed by atoms with Gasteiger partial charge in [-0.25, -0.2) is 0 Å². The van der Waals surface area contributed by atoms with Crippen molar-refractivity contribution >= 4 is 16.8 Å². The van der Waals surface area contributed by atoms with Gasteiger partial charge in [-0.2, -0.15) is 0 Å². The molecule has 1 aliphatic carbocycles. The van der Waals surface area contributed by atoms with Gasteiger partial charge in [0.15, 0.2) is 0 Å². The van der Waals surface area contributed by atoms with Crippen LogP contribution >= 0.6 is 0 Å². The van der Waals surface area contributed by atoms with Crippen molar-refractivity contribution in [3.8, 4) is 0 Å². The second-order valence-corrected chi connectivity index (χ2v) is 5.74. The van der Waals surface area contributed by atoms with E-state index in [2.05, 4.69) is 10.3 Å². The van der Waals surface area contributed by atoms with Crippen molar-refractivity contribution in [3.05, 3.63) is 42.1 Å². The predicted octanol–water partition coefficient (Wildman–Crippen LogP) is 1.08. The Morgan fingerprint density at radius 1 is 1.33 bits per heavy atom. The summed E-state index contributed by atoms with van der Waals surface area (Å²) in [4.78, 5) is 16.8. The molecule has 5 nitrogen and oxygen atoms in total. The fourth-order valence-corrected chi connectivity index (χ4v) is 3.46. The summed E-state index contributed by atoms with van der Waals surface area (Å²) in [6.45, 7) is 0.744. The van der Waals surface area contributed by atoms with E-state index in [0.717, 1.165) is 23.9 Å².